The second-order valence-electron chi connectivity index (χ2n) is 6.34. The van der Waals surface area contributed by atoms with Crippen molar-refractivity contribution in [3.05, 3.63) is 51.2 Å². The van der Waals surface area contributed by atoms with Crippen molar-refractivity contribution in [1.82, 2.24) is 9.55 Å². The van der Waals surface area contributed by atoms with E-state index in [1.807, 2.05) is 4.90 Å². The summed E-state index contributed by atoms with van der Waals surface area (Å²) in [5.74, 6) is -0.404. The van der Waals surface area contributed by atoms with Crippen LogP contribution in [-0.2, 0) is 11.3 Å². The first-order chi connectivity index (χ1) is 12.4. The third-order valence-corrected chi connectivity index (χ3v) is 4.57. The van der Waals surface area contributed by atoms with Gasteiger partial charge in [0.1, 0.15) is 12.4 Å². The summed E-state index contributed by atoms with van der Waals surface area (Å²) in [6.07, 6.45) is 3.21. The zero-order chi connectivity index (χ0) is 18.7. The summed E-state index contributed by atoms with van der Waals surface area (Å²) in [6.45, 7) is 3.19. The number of piperidine rings is 1. The molecule has 0 bridgehead atoms. The molecule has 8 heteroatoms. The van der Waals surface area contributed by atoms with Crippen LogP contribution in [0.5, 0.6) is 0 Å². The highest BCUT2D eigenvalue weighted by molar-refractivity contribution is 6.33. The summed E-state index contributed by atoms with van der Waals surface area (Å²) < 4.78 is 14.5. The highest BCUT2D eigenvalue weighted by Crippen LogP contribution is 2.22. The van der Waals surface area contributed by atoms with Crippen molar-refractivity contribution in [2.45, 2.75) is 32.7 Å². The number of hydrogen-bond donors (Lipinski definition) is 1. The minimum absolute atomic E-state index is 0.101. The molecule has 1 aliphatic rings. The lowest BCUT2D eigenvalue weighted by molar-refractivity contribution is -0.116. The van der Waals surface area contributed by atoms with Crippen LogP contribution >= 0.6 is 11.6 Å². The van der Waals surface area contributed by atoms with Gasteiger partial charge in [-0.3, -0.25) is 14.2 Å². The van der Waals surface area contributed by atoms with E-state index >= 15 is 0 Å². The zero-order valence-electron chi connectivity index (χ0n) is 14.5. The van der Waals surface area contributed by atoms with Gasteiger partial charge in [0.25, 0.3) is 5.56 Å². The molecular weight excluding hydrogens is 359 g/mol. The van der Waals surface area contributed by atoms with E-state index in [1.165, 1.54) is 22.8 Å². The fourth-order valence-corrected chi connectivity index (χ4v) is 3.23. The first-order valence-electron chi connectivity index (χ1n) is 8.52. The SMILES string of the molecule is Cc1cc(=O)n(CC(=O)Nc2ccc(F)cc2Cl)c(N2CCCCC2)n1. The Labute approximate surface area is 155 Å². The van der Waals surface area contributed by atoms with Gasteiger partial charge < -0.3 is 10.2 Å². The molecule has 0 aliphatic carbocycles. The lowest BCUT2D eigenvalue weighted by Gasteiger charge is -2.29. The number of halogens is 2. The largest absolute Gasteiger partial charge is 0.342 e. The number of rotatable bonds is 4. The molecule has 1 saturated heterocycles. The van der Waals surface area contributed by atoms with Gasteiger partial charge in [-0.1, -0.05) is 11.6 Å². The number of nitrogens with one attached hydrogen (secondary N) is 1. The van der Waals surface area contributed by atoms with E-state index in [0.29, 0.717) is 17.3 Å². The molecule has 1 aliphatic heterocycles. The molecular formula is C18H20ClFN4O2. The fourth-order valence-electron chi connectivity index (χ4n) is 3.01. The molecule has 6 nitrogen and oxygen atoms in total. The lowest BCUT2D eigenvalue weighted by Crippen LogP contribution is -2.38. The summed E-state index contributed by atoms with van der Waals surface area (Å²) in [5, 5.41) is 2.72. The quantitative estimate of drug-likeness (QED) is 0.888. The van der Waals surface area contributed by atoms with Crippen LogP contribution in [0.1, 0.15) is 25.0 Å². The van der Waals surface area contributed by atoms with Crippen molar-refractivity contribution >= 4 is 29.1 Å². The van der Waals surface area contributed by atoms with E-state index < -0.39 is 11.7 Å². The van der Waals surface area contributed by atoms with Crippen LogP contribution in [0.15, 0.2) is 29.1 Å². The average molecular weight is 379 g/mol. The van der Waals surface area contributed by atoms with Gasteiger partial charge in [-0.25, -0.2) is 9.37 Å². The van der Waals surface area contributed by atoms with E-state index in [9.17, 15) is 14.0 Å². The van der Waals surface area contributed by atoms with Crippen molar-refractivity contribution < 1.29 is 9.18 Å². The standard InChI is InChI=1S/C18H20ClFN4O2/c1-12-9-17(26)24(18(21-12)23-7-3-2-4-8-23)11-16(25)22-15-6-5-13(20)10-14(15)19/h5-6,9-10H,2-4,7-8,11H2,1H3,(H,22,25). The maximum atomic E-state index is 13.1. The predicted octanol–water partition coefficient (Wildman–Crippen LogP) is 2.97. The van der Waals surface area contributed by atoms with Crippen LogP contribution in [0, 0.1) is 12.7 Å². The number of carbonyl (C=O) groups is 1. The van der Waals surface area contributed by atoms with Crippen molar-refractivity contribution in [2.75, 3.05) is 23.3 Å². The molecule has 0 unspecified atom stereocenters. The molecule has 0 saturated carbocycles. The minimum atomic E-state index is -0.487. The third kappa shape index (κ3) is 4.22. The Hall–Kier alpha value is -2.41. The first-order valence-corrected chi connectivity index (χ1v) is 8.90. The molecule has 2 aromatic rings. The number of carbonyl (C=O) groups excluding carboxylic acids is 1. The van der Waals surface area contributed by atoms with Crippen LogP contribution < -0.4 is 15.8 Å². The minimum Gasteiger partial charge on any atom is -0.342 e. The number of aryl methyl sites for hydroxylation is 1. The van der Waals surface area contributed by atoms with Crippen LogP contribution in [0.2, 0.25) is 5.02 Å². The highest BCUT2D eigenvalue weighted by Gasteiger charge is 2.19. The number of benzene rings is 1. The van der Waals surface area contributed by atoms with Gasteiger partial charge in [-0.2, -0.15) is 0 Å². The molecule has 1 fully saturated rings. The average Bonchev–Trinajstić information content (AvgIpc) is 2.60. The van der Waals surface area contributed by atoms with Crippen LogP contribution in [0.3, 0.4) is 0 Å². The molecule has 3 rings (SSSR count). The van der Waals surface area contributed by atoms with Crippen molar-refractivity contribution in [2.24, 2.45) is 0 Å². The molecule has 1 amide bonds. The van der Waals surface area contributed by atoms with Crippen molar-refractivity contribution in [3.63, 3.8) is 0 Å². The molecule has 0 atom stereocenters. The first kappa shape index (κ1) is 18.4. The fraction of sp³-hybridized carbons (Fsp3) is 0.389. The van der Waals surface area contributed by atoms with E-state index in [4.69, 9.17) is 11.6 Å². The van der Waals surface area contributed by atoms with Gasteiger partial charge >= 0.3 is 0 Å². The monoisotopic (exact) mass is 378 g/mol. The number of nitrogens with zero attached hydrogens (tertiary/aromatic N) is 3. The molecule has 1 aromatic heterocycles. The number of hydrogen-bond acceptors (Lipinski definition) is 4. The molecule has 1 aromatic carbocycles. The zero-order valence-corrected chi connectivity index (χ0v) is 15.2. The summed E-state index contributed by atoms with van der Waals surface area (Å²) in [6, 6.07) is 5.12. The lowest BCUT2D eigenvalue weighted by atomic mass is 10.1. The molecule has 2 heterocycles. The van der Waals surface area contributed by atoms with Gasteiger partial charge in [0.15, 0.2) is 0 Å². The molecule has 0 radical (unpaired) electrons. The smallest absolute Gasteiger partial charge is 0.255 e. The normalized spacial score (nSPS) is 14.3. The van der Waals surface area contributed by atoms with E-state index in [-0.39, 0.29) is 17.1 Å². The van der Waals surface area contributed by atoms with Crippen molar-refractivity contribution in [3.8, 4) is 0 Å². The van der Waals surface area contributed by atoms with E-state index in [0.717, 1.165) is 38.4 Å². The highest BCUT2D eigenvalue weighted by atomic mass is 35.5. The molecule has 1 N–H and O–H groups in total. The second-order valence-corrected chi connectivity index (χ2v) is 6.75. The predicted molar refractivity (Wildman–Crippen MR) is 99.3 cm³/mol. The van der Waals surface area contributed by atoms with Gasteiger partial charge in [0.2, 0.25) is 11.9 Å². The Morgan fingerprint density at radius 1 is 1.27 bits per heavy atom. The molecule has 26 heavy (non-hydrogen) atoms. The van der Waals surface area contributed by atoms with Crippen LogP contribution in [0.25, 0.3) is 0 Å². The Kier molecular flexibility index (Phi) is 5.56. The Balaban J connectivity index is 1.84. The summed E-state index contributed by atoms with van der Waals surface area (Å²) in [4.78, 5) is 31.4. The molecule has 138 valence electrons. The Bertz CT molecular complexity index is 878. The van der Waals surface area contributed by atoms with Gasteiger partial charge in [0.05, 0.1) is 10.7 Å². The summed E-state index contributed by atoms with van der Waals surface area (Å²) >= 11 is 5.94. The maximum absolute atomic E-state index is 13.1. The van der Waals surface area contributed by atoms with Gasteiger partial charge in [-0.15, -0.1) is 0 Å². The Morgan fingerprint density at radius 3 is 2.69 bits per heavy atom. The van der Waals surface area contributed by atoms with Crippen LogP contribution in [0.4, 0.5) is 16.0 Å². The number of anilines is 2. The van der Waals surface area contributed by atoms with Gasteiger partial charge in [-0.05, 0) is 44.4 Å². The molecule has 0 spiro atoms. The third-order valence-electron chi connectivity index (χ3n) is 4.26. The van der Waals surface area contributed by atoms with Crippen LogP contribution in [-0.4, -0.2) is 28.5 Å². The number of aromatic nitrogens is 2. The van der Waals surface area contributed by atoms with Crippen molar-refractivity contribution in [1.29, 1.82) is 0 Å². The topological polar surface area (TPSA) is 67.2 Å². The summed E-state index contributed by atoms with van der Waals surface area (Å²) in [5.41, 5.74) is 0.637. The second kappa shape index (κ2) is 7.86. The van der Waals surface area contributed by atoms with E-state index in [1.54, 1.807) is 6.92 Å². The number of amides is 1. The Morgan fingerprint density at radius 2 is 2.00 bits per heavy atom. The summed E-state index contributed by atoms with van der Waals surface area (Å²) in [7, 11) is 0. The van der Waals surface area contributed by atoms with Gasteiger partial charge in [0, 0.05) is 24.8 Å². The van der Waals surface area contributed by atoms with E-state index in [2.05, 4.69) is 10.3 Å². The maximum Gasteiger partial charge on any atom is 0.255 e.